The number of phenols is 2. The first kappa shape index (κ1) is 18.7. The van der Waals surface area contributed by atoms with Gasteiger partial charge < -0.3 is 34.6 Å². The van der Waals surface area contributed by atoms with Crippen molar-refractivity contribution in [3.63, 3.8) is 0 Å². The van der Waals surface area contributed by atoms with Gasteiger partial charge in [-0.05, 0) is 35.4 Å². The second kappa shape index (κ2) is 7.96. The largest absolute Gasteiger partial charge is 0.504 e. The van der Waals surface area contributed by atoms with E-state index in [1.807, 2.05) is 0 Å². The van der Waals surface area contributed by atoms with Crippen LogP contribution in [0.2, 0.25) is 0 Å². The van der Waals surface area contributed by atoms with E-state index in [2.05, 4.69) is 0 Å². The summed E-state index contributed by atoms with van der Waals surface area (Å²) in [4.78, 5) is 0. The highest BCUT2D eigenvalue weighted by Gasteiger charge is 2.26. The van der Waals surface area contributed by atoms with E-state index in [0.29, 0.717) is 11.1 Å². The van der Waals surface area contributed by atoms with Gasteiger partial charge in [0, 0.05) is 5.92 Å². The summed E-state index contributed by atoms with van der Waals surface area (Å²) in [6.45, 7) is -0.360. The molecule has 0 aliphatic heterocycles. The molecule has 7 nitrogen and oxygen atoms in total. The third-order valence-corrected chi connectivity index (χ3v) is 4.05. The van der Waals surface area contributed by atoms with Crippen LogP contribution in [0.15, 0.2) is 30.3 Å². The van der Waals surface area contributed by atoms with Crippen molar-refractivity contribution in [3.8, 4) is 28.7 Å². The molecular weight excluding hydrogens is 328 g/mol. The van der Waals surface area contributed by atoms with E-state index in [9.17, 15) is 20.4 Å². The Morgan fingerprint density at radius 3 is 1.84 bits per heavy atom. The molecule has 0 fully saturated rings. The van der Waals surface area contributed by atoms with Crippen molar-refractivity contribution in [1.29, 1.82) is 0 Å². The Labute approximate surface area is 145 Å². The Balaban J connectivity index is 2.45. The van der Waals surface area contributed by atoms with E-state index >= 15 is 0 Å². The van der Waals surface area contributed by atoms with Crippen molar-refractivity contribution in [1.82, 2.24) is 0 Å². The molecule has 2 atom stereocenters. The van der Waals surface area contributed by atoms with Gasteiger partial charge in [0.05, 0.1) is 34.0 Å². The molecule has 0 saturated heterocycles. The molecule has 0 saturated carbocycles. The van der Waals surface area contributed by atoms with Crippen LogP contribution in [0.4, 0.5) is 0 Å². The number of aliphatic hydroxyl groups excluding tert-OH is 2. The van der Waals surface area contributed by atoms with Crippen molar-refractivity contribution in [2.24, 2.45) is 0 Å². The zero-order valence-corrected chi connectivity index (χ0v) is 14.3. The van der Waals surface area contributed by atoms with Crippen LogP contribution in [0.25, 0.3) is 0 Å². The van der Waals surface area contributed by atoms with Crippen LogP contribution in [-0.2, 0) is 0 Å². The van der Waals surface area contributed by atoms with Crippen LogP contribution < -0.4 is 14.2 Å². The summed E-state index contributed by atoms with van der Waals surface area (Å²) in [5.74, 6) is -0.364. The fourth-order valence-corrected chi connectivity index (χ4v) is 2.63. The molecule has 136 valence electrons. The lowest BCUT2D eigenvalue weighted by Crippen LogP contribution is -2.15. The highest BCUT2D eigenvalue weighted by molar-refractivity contribution is 5.54. The van der Waals surface area contributed by atoms with Gasteiger partial charge in [0.15, 0.2) is 23.0 Å². The molecule has 0 heterocycles. The number of rotatable bonds is 7. The molecule has 4 N–H and O–H groups in total. The molecule has 0 radical (unpaired) electrons. The maximum absolute atomic E-state index is 10.7. The molecular formula is C18H22O7. The van der Waals surface area contributed by atoms with Crippen LogP contribution in [0.1, 0.15) is 23.1 Å². The minimum Gasteiger partial charge on any atom is -0.504 e. The standard InChI is InChI=1S/C18H22O7/c1-23-14-6-10(4-5-13(14)20)17(21)12(9-19)11-7-15(24-2)18(22)16(8-11)25-3/h4-8,12,17,19-22H,9H2,1-3H3/t12-,17-/m1/s1. The van der Waals surface area contributed by atoms with E-state index in [4.69, 9.17) is 14.2 Å². The summed E-state index contributed by atoms with van der Waals surface area (Å²) in [7, 11) is 4.20. The minimum atomic E-state index is -1.08. The van der Waals surface area contributed by atoms with Gasteiger partial charge in [-0.15, -0.1) is 0 Å². The number of ether oxygens (including phenoxy) is 3. The first-order valence-corrected chi connectivity index (χ1v) is 7.57. The molecule has 0 aliphatic rings. The second-order valence-corrected chi connectivity index (χ2v) is 5.44. The summed E-state index contributed by atoms with van der Waals surface area (Å²) in [5.41, 5.74) is 0.980. The topological polar surface area (TPSA) is 109 Å². The lowest BCUT2D eigenvalue weighted by atomic mass is 9.89. The highest BCUT2D eigenvalue weighted by Crippen LogP contribution is 2.42. The van der Waals surface area contributed by atoms with Crippen molar-refractivity contribution in [2.45, 2.75) is 12.0 Å². The van der Waals surface area contributed by atoms with Crippen molar-refractivity contribution in [2.75, 3.05) is 27.9 Å². The molecule has 0 aromatic heterocycles. The fraction of sp³-hybridized carbons (Fsp3) is 0.333. The predicted octanol–water partition coefficient (Wildman–Crippen LogP) is 1.93. The molecule has 2 rings (SSSR count). The molecule has 0 amide bonds. The van der Waals surface area contributed by atoms with Crippen molar-refractivity contribution in [3.05, 3.63) is 41.5 Å². The highest BCUT2D eigenvalue weighted by atomic mass is 16.5. The van der Waals surface area contributed by atoms with E-state index in [1.54, 1.807) is 6.07 Å². The Kier molecular flexibility index (Phi) is 5.95. The van der Waals surface area contributed by atoms with Crippen molar-refractivity contribution >= 4 is 0 Å². The molecule has 2 aromatic rings. The second-order valence-electron chi connectivity index (χ2n) is 5.44. The van der Waals surface area contributed by atoms with E-state index in [0.717, 1.165) is 0 Å². The zero-order valence-electron chi connectivity index (χ0n) is 14.3. The zero-order chi connectivity index (χ0) is 18.6. The van der Waals surface area contributed by atoms with E-state index in [1.165, 1.54) is 45.6 Å². The normalized spacial score (nSPS) is 13.2. The molecule has 2 aromatic carbocycles. The van der Waals surface area contributed by atoms with Gasteiger partial charge in [0.1, 0.15) is 0 Å². The minimum absolute atomic E-state index is 0.0491. The number of hydrogen-bond acceptors (Lipinski definition) is 7. The average molecular weight is 350 g/mol. The van der Waals surface area contributed by atoms with Crippen molar-refractivity contribution < 1.29 is 34.6 Å². The smallest absolute Gasteiger partial charge is 0.200 e. The third kappa shape index (κ3) is 3.72. The number of hydrogen-bond donors (Lipinski definition) is 4. The summed E-state index contributed by atoms with van der Waals surface area (Å²) in [5, 5.41) is 40.2. The van der Waals surface area contributed by atoms with Gasteiger partial charge >= 0.3 is 0 Å². The predicted molar refractivity (Wildman–Crippen MR) is 90.7 cm³/mol. The van der Waals surface area contributed by atoms with Crippen LogP contribution in [0, 0.1) is 0 Å². The lowest BCUT2D eigenvalue weighted by molar-refractivity contribution is 0.106. The average Bonchev–Trinajstić information content (AvgIpc) is 2.63. The van der Waals surface area contributed by atoms with Gasteiger partial charge in [0.25, 0.3) is 0 Å². The van der Waals surface area contributed by atoms with E-state index in [-0.39, 0.29) is 35.4 Å². The van der Waals surface area contributed by atoms with Crippen LogP contribution in [-0.4, -0.2) is 48.4 Å². The third-order valence-electron chi connectivity index (χ3n) is 4.05. The summed E-state index contributed by atoms with van der Waals surface area (Å²) in [6.07, 6.45) is -1.08. The maximum Gasteiger partial charge on any atom is 0.200 e. The molecule has 0 aliphatic carbocycles. The van der Waals surface area contributed by atoms with Gasteiger partial charge in [-0.2, -0.15) is 0 Å². The molecule has 25 heavy (non-hydrogen) atoms. The van der Waals surface area contributed by atoms with Crippen LogP contribution in [0.3, 0.4) is 0 Å². The first-order valence-electron chi connectivity index (χ1n) is 7.57. The monoisotopic (exact) mass is 350 g/mol. The van der Waals surface area contributed by atoms with Gasteiger partial charge in [-0.25, -0.2) is 0 Å². The Morgan fingerprint density at radius 1 is 0.840 bits per heavy atom. The van der Waals surface area contributed by atoms with E-state index < -0.39 is 12.0 Å². The number of phenolic OH excluding ortho intramolecular Hbond substituents is 2. The number of aliphatic hydroxyl groups is 2. The summed E-state index contributed by atoms with van der Waals surface area (Å²) < 4.78 is 15.3. The SMILES string of the molecule is COc1cc([C@@H](O)[C@H](CO)c2cc(OC)c(O)c(OC)c2)ccc1O. The molecule has 7 heteroatoms. The fourth-order valence-electron chi connectivity index (χ4n) is 2.63. The Bertz CT molecular complexity index is 704. The molecule has 0 spiro atoms. The van der Waals surface area contributed by atoms with Gasteiger partial charge in [-0.3, -0.25) is 0 Å². The van der Waals surface area contributed by atoms with Crippen LogP contribution in [0.5, 0.6) is 28.7 Å². The first-order chi connectivity index (χ1) is 12.0. The van der Waals surface area contributed by atoms with Gasteiger partial charge in [-0.1, -0.05) is 6.07 Å². The molecule has 0 unspecified atom stereocenters. The lowest BCUT2D eigenvalue weighted by Gasteiger charge is -2.23. The van der Waals surface area contributed by atoms with Gasteiger partial charge in [0.2, 0.25) is 5.75 Å². The number of aromatic hydroxyl groups is 2. The Hall–Kier alpha value is -2.64. The summed E-state index contributed by atoms with van der Waals surface area (Å²) >= 11 is 0. The number of benzene rings is 2. The quantitative estimate of drug-likeness (QED) is 0.604. The maximum atomic E-state index is 10.7. The van der Waals surface area contributed by atoms with Crippen LogP contribution >= 0.6 is 0 Å². The summed E-state index contributed by atoms with van der Waals surface area (Å²) in [6, 6.07) is 7.50. The molecule has 0 bridgehead atoms. The Morgan fingerprint density at radius 2 is 1.36 bits per heavy atom. The number of methoxy groups -OCH3 is 3.